The van der Waals surface area contributed by atoms with Gasteiger partial charge < -0.3 is 0 Å². The zero-order valence-corrected chi connectivity index (χ0v) is 8.78. The molecule has 0 aliphatic carbocycles. The van der Waals surface area contributed by atoms with Crippen molar-refractivity contribution in [2.75, 3.05) is 5.32 Å². The fourth-order valence-corrected chi connectivity index (χ4v) is 0.984. The van der Waals surface area contributed by atoms with E-state index in [1.165, 1.54) is 6.21 Å². The molecule has 0 radical (unpaired) electrons. The number of benzene rings is 1. The van der Waals surface area contributed by atoms with E-state index in [1.807, 2.05) is 0 Å². The number of hydrogen-bond acceptors (Lipinski definition) is 3. The van der Waals surface area contributed by atoms with Gasteiger partial charge in [-0.25, -0.2) is 4.79 Å². The molecule has 0 aromatic heterocycles. The second-order valence-electron chi connectivity index (χ2n) is 2.94. The van der Waals surface area contributed by atoms with Gasteiger partial charge in [0.05, 0.1) is 5.56 Å². The molecular formula is C10H9F3N2O2. The predicted molar refractivity (Wildman–Crippen MR) is 55.7 cm³/mol. The van der Waals surface area contributed by atoms with Crippen LogP contribution in [-0.4, -0.2) is 12.3 Å². The first-order chi connectivity index (χ1) is 7.93. The summed E-state index contributed by atoms with van der Waals surface area (Å²) in [6, 6.07) is 3.97. The first-order valence-corrected chi connectivity index (χ1v) is 4.56. The third kappa shape index (κ3) is 4.13. The average molecular weight is 246 g/mol. The van der Waals surface area contributed by atoms with Gasteiger partial charge in [-0.05, 0) is 31.2 Å². The maximum absolute atomic E-state index is 12.2. The number of carbonyl (C=O) groups excluding carboxylic acids is 1. The molecule has 0 heterocycles. The Balaban J connectivity index is 2.66. The van der Waals surface area contributed by atoms with E-state index in [4.69, 9.17) is 0 Å². The Morgan fingerprint density at radius 3 is 2.41 bits per heavy atom. The second-order valence-corrected chi connectivity index (χ2v) is 2.94. The lowest BCUT2D eigenvalue weighted by Gasteiger charge is -2.07. The van der Waals surface area contributed by atoms with Crippen molar-refractivity contribution >= 4 is 18.0 Å². The molecule has 92 valence electrons. The van der Waals surface area contributed by atoms with E-state index in [-0.39, 0.29) is 5.69 Å². The topological polar surface area (TPSA) is 50.7 Å². The van der Waals surface area contributed by atoms with E-state index in [2.05, 4.69) is 15.3 Å². The second kappa shape index (κ2) is 5.33. The van der Waals surface area contributed by atoms with Crippen LogP contribution in [0.15, 0.2) is 29.4 Å². The molecule has 0 saturated carbocycles. The molecule has 0 bridgehead atoms. The summed E-state index contributed by atoms with van der Waals surface area (Å²) in [5, 5.41) is 5.42. The van der Waals surface area contributed by atoms with Gasteiger partial charge in [-0.3, -0.25) is 10.2 Å². The highest BCUT2D eigenvalue weighted by Gasteiger charge is 2.29. The SMILES string of the molecule is C/C=N\OC(=O)Nc1ccc(C(F)(F)F)cc1. The molecule has 0 unspecified atom stereocenters. The minimum atomic E-state index is -4.40. The quantitative estimate of drug-likeness (QED) is 0.494. The van der Waals surface area contributed by atoms with Gasteiger partial charge in [-0.2, -0.15) is 13.2 Å². The van der Waals surface area contributed by atoms with Crippen molar-refractivity contribution in [3.63, 3.8) is 0 Å². The molecular weight excluding hydrogens is 237 g/mol. The minimum absolute atomic E-state index is 0.189. The van der Waals surface area contributed by atoms with Gasteiger partial charge >= 0.3 is 12.3 Å². The van der Waals surface area contributed by atoms with E-state index in [1.54, 1.807) is 6.92 Å². The summed E-state index contributed by atoms with van der Waals surface area (Å²) in [4.78, 5) is 15.3. The van der Waals surface area contributed by atoms with E-state index in [0.29, 0.717) is 0 Å². The molecule has 0 saturated heterocycles. The van der Waals surface area contributed by atoms with Gasteiger partial charge in [0.1, 0.15) is 0 Å². The van der Waals surface area contributed by atoms with Crippen LogP contribution in [0.1, 0.15) is 12.5 Å². The van der Waals surface area contributed by atoms with Crippen LogP contribution < -0.4 is 5.32 Å². The van der Waals surface area contributed by atoms with Crippen molar-refractivity contribution in [1.29, 1.82) is 0 Å². The lowest BCUT2D eigenvalue weighted by atomic mass is 10.2. The number of carbonyl (C=O) groups is 1. The van der Waals surface area contributed by atoms with E-state index in [9.17, 15) is 18.0 Å². The Bertz CT molecular complexity index is 413. The van der Waals surface area contributed by atoms with Gasteiger partial charge in [-0.1, -0.05) is 5.16 Å². The molecule has 0 aliphatic rings. The first kappa shape index (κ1) is 13.0. The number of alkyl halides is 3. The molecule has 7 heteroatoms. The van der Waals surface area contributed by atoms with Crippen LogP contribution in [0.4, 0.5) is 23.7 Å². The lowest BCUT2D eigenvalue weighted by molar-refractivity contribution is -0.137. The zero-order chi connectivity index (χ0) is 12.9. The van der Waals surface area contributed by atoms with Gasteiger partial charge in [0.2, 0.25) is 0 Å². The third-order valence-electron chi connectivity index (χ3n) is 1.70. The molecule has 4 nitrogen and oxygen atoms in total. The van der Waals surface area contributed by atoms with Gasteiger partial charge in [-0.15, -0.1) is 0 Å². The van der Waals surface area contributed by atoms with Gasteiger partial charge in [0.25, 0.3) is 0 Å². The Hall–Kier alpha value is -2.05. The van der Waals surface area contributed by atoms with Crippen molar-refractivity contribution in [3.8, 4) is 0 Å². The predicted octanol–water partition coefficient (Wildman–Crippen LogP) is 3.26. The molecule has 0 aliphatic heterocycles. The number of hydrogen-bond donors (Lipinski definition) is 1. The standard InChI is InChI=1S/C10H9F3N2O2/c1-2-14-17-9(16)15-8-5-3-7(4-6-8)10(11,12)13/h2-6H,1H3,(H,15,16)/b14-2-. The molecule has 0 fully saturated rings. The smallest absolute Gasteiger partial charge is 0.298 e. The summed E-state index contributed by atoms with van der Waals surface area (Å²) < 4.78 is 36.7. The average Bonchev–Trinajstić information content (AvgIpc) is 2.26. The Labute approximate surface area is 95.1 Å². The summed E-state index contributed by atoms with van der Waals surface area (Å²) in [5.41, 5.74) is -0.600. The van der Waals surface area contributed by atoms with E-state index < -0.39 is 17.8 Å². The molecule has 1 aromatic rings. The normalized spacial score (nSPS) is 11.5. The summed E-state index contributed by atoms with van der Waals surface area (Å²) in [6.45, 7) is 1.55. The maximum atomic E-state index is 12.2. The van der Waals surface area contributed by atoms with Crippen molar-refractivity contribution in [2.45, 2.75) is 13.1 Å². The Morgan fingerprint density at radius 1 is 1.35 bits per heavy atom. The highest BCUT2D eigenvalue weighted by molar-refractivity contribution is 5.84. The van der Waals surface area contributed by atoms with Crippen LogP contribution in [0.25, 0.3) is 0 Å². The molecule has 1 amide bonds. The molecule has 0 atom stereocenters. The van der Waals surface area contributed by atoms with Crippen molar-refractivity contribution in [3.05, 3.63) is 29.8 Å². The molecule has 1 N–H and O–H groups in total. The minimum Gasteiger partial charge on any atom is -0.298 e. The van der Waals surface area contributed by atoms with Gasteiger partial charge in [0, 0.05) is 11.9 Å². The highest BCUT2D eigenvalue weighted by Crippen LogP contribution is 2.29. The summed E-state index contributed by atoms with van der Waals surface area (Å²) >= 11 is 0. The lowest BCUT2D eigenvalue weighted by Crippen LogP contribution is -2.11. The zero-order valence-electron chi connectivity index (χ0n) is 8.78. The van der Waals surface area contributed by atoms with Crippen LogP contribution >= 0.6 is 0 Å². The van der Waals surface area contributed by atoms with Crippen LogP contribution in [0, 0.1) is 0 Å². The summed E-state index contributed by atoms with van der Waals surface area (Å²) in [5.74, 6) is 0. The number of amides is 1. The monoisotopic (exact) mass is 246 g/mol. The molecule has 1 aromatic carbocycles. The van der Waals surface area contributed by atoms with Crippen molar-refractivity contribution in [2.24, 2.45) is 5.16 Å². The number of halogens is 3. The Morgan fingerprint density at radius 2 is 1.94 bits per heavy atom. The van der Waals surface area contributed by atoms with Crippen LogP contribution in [0.3, 0.4) is 0 Å². The fraction of sp³-hybridized carbons (Fsp3) is 0.200. The number of oxime groups is 1. The molecule has 1 rings (SSSR count). The number of rotatable bonds is 2. The number of nitrogens with one attached hydrogen (secondary N) is 1. The summed E-state index contributed by atoms with van der Waals surface area (Å²) in [6.07, 6.45) is -4.01. The van der Waals surface area contributed by atoms with E-state index in [0.717, 1.165) is 24.3 Å². The first-order valence-electron chi connectivity index (χ1n) is 4.56. The number of anilines is 1. The summed E-state index contributed by atoms with van der Waals surface area (Å²) in [7, 11) is 0. The van der Waals surface area contributed by atoms with Gasteiger partial charge in [0.15, 0.2) is 0 Å². The highest BCUT2D eigenvalue weighted by atomic mass is 19.4. The third-order valence-corrected chi connectivity index (χ3v) is 1.70. The molecule has 0 spiro atoms. The van der Waals surface area contributed by atoms with Crippen LogP contribution in [-0.2, 0) is 11.0 Å². The van der Waals surface area contributed by atoms with Crippen molar-refractivity contribution < 1.29 is 22.8 Å². The van der Waals surface area contributed by atoms with Crippen LogP contribution in [0.5, 0.6) is 0 Å². The van der Waals surface area contributed by atoms with Crippen LogP contribution in [0.2, 0.25) is 0 Å². The number of nitrogens with zero attached hydrogens (tertiary/aromatic N) is 1. The Kier molecular flexibility index (Phi) is 4.08. The van der Waals surface area contributed by atoms with Crippen molar-refractivity contribution in [1.82, 2.24) is 0 Å². The molecule has 17 heavy (non-hydrogen) atoms. The fourth-order valence-electron chi connectivity index (χ4n) is 0.984. The maximum Gasteiger partial charge on any atom is 0.437 e. The van der Waals surface area contributed by atoms with E-state index >= 15 is 0 Å². The largest absolute Gasteiger partial charge is 0.437 e.